The number of aromatic hydroxyl groups is 1. The van der Waals surface area contributed by atoms with Gasteiger partial charge in [0.25, 0.3) is 0 Å². The summed E-state index contributed by atoms with van der Waals surface area (Å²) in [7, 11) is 1.56. The predicted octanol–water partition coefficient (Wildman–Crippen LogP) is 4.33. The van der Waals surface area contributed by atoms with Crippen molar-refractivity contribution in [3.05, 3.63) is 41.0 Å². The molecule has 0 aliphatic carbocycles. The number of aromatic amines is 1. The maximum absolute atomic E-state index is 14.4. The molecule has 4 aromatic rings. The van der Waals surface area contributed by atoms with Crippen molar-refractivity contribution in [1.82, 2.24) is 20.1 Å². The number of halogens is 2. The lowest BCUT2D eigenvalue weighted by molar-refractivity contribution is 0.0321. The molecule has 5 rings (SSSR count). The number of aromatic nitrogens is 3. The van der Waals surface area contributed by atoms with E-state index in [1.165, 1.54) is 6.07 Å². The topological polar surface area (TPSA) is 92.7 Å². The number of hydrogen-bond donors (Lipinski definition) is 2. The highest BCUT2D eigenvalue weighted by atomic mass is 35.5. The number of rotatable bonds is 7. The third-order valence-electron chi connectivity index (χ3n) is 6.01. The summed E-state index contributed by atoms with van der Waals surface area (Å²) in [5.74, 6) is 0.894. The molecule has 1 aliphatic rings. The van der Waals surface area contributed by atoms with Crippen LogP contribution in [0.3, 0.4) is 0 Å². The fraction of sp³-hybridized carbons (Fsp3) is 0.333. The minimum absolute atomic E-state index is 0.0448. The summed E-state index contributed by atoms with van der Waals surface area (Å²) in [5.41, 5.74) is 2.05. The van der Waals surface area contributed by atoms with Crippen molar-refractivity contribution < 1.29 is 23.7 Å². The van der Waals surface area contributed by atoms with Crippen molar-refractivity contribution in [3.63, 3.8) is 0 Å². The van der Waals surface area contributed by atoms with Crippen LogP contribution in [0.15, 0.2) is 30.5 Å². The van der Waals surface area contributed by atoms with Crippen LogP contribution in [0.2, 0.25) is 5.02 Å². The van der Waals surface area contributed by atoms with Crippen molar-refractivity contribution in [2.75, 3.05) is 46.6 Å². The van der Waals surface area contributed by atoms with Crippen molar-refractivity contribution in [1.29, 1.82) is 0 Å². The molecular weight excluding hydrogens is 463 g/mol. The van der Waals surface area contributed by atoms with E-state index in [4.69, 9.17) is 30.8 Å². The number of ether oxygens (including phenoxy) is 3. The molecule has 1 fully saturated rings. The van der Waals surface area contributed by atoms with E-state index in [1.807, 2.05) is 0 Å². The van der Waals surface area contributed by atoms with E-state index in [9.17, 15) is 9.50 Å². The Labute approximate surface area is 200 Å². The second-order valence-corrected chi connectivity index (χ2v) is 8.42. The number of pyridine rings is 1. The van der Waals surface area contributed by atoms with E-state index in [2.05, 4.69) is 15.1 Å². The number of benzene rings is 2. The number of H-pyrrole nitrogens is 1. The van der Waals surface area contributed by atoms with Crippen LogP contribution in [0.1, 0.15) is 5.56 Å². The lowest BCUT2D eigenvalue weighted by atomic mass is 9.96. The van der Waals surface area contributed by atoms with E-state index < -0.39 is 6.67 Å². The maximum Gasteiger partial charge on any atom is 0.169 e. The molecule has 2 aromatic carbocycles. The number of phenolic OH excluding ortho intramolecular Hbond substituents is 1. The van der Waals surface area contributed by atoms with Crippen molar-refractivity contribution in [2.45, 2.75) is 6.67 Å². The molecule has 0 bridgehead atoms. The van der Waals surface area contributed by atoms with Gasteiger partial charge in [-0.3, -0.25) is 10.00 Å². The Morgan fingerprint density at radius 2 is 2.06 bits per heavy atom. The number of phenols is 1. The summed E-state index contributed by atoms with van der Waals surface area (Å²) >= 11 is 6.16. The van der Waals surface area contributed by atoms with Gasteiger partial charge in [-0.2, -0.15) is 5.10 Å². The lowest BCUT2D eigenvalue weighted by Gasteiger charge is -2.26. The minimum atomic E-state index is -0.732. The Morgan fingerprint density at radius 1 is 1.24 bits per heavy atom. The minimum Gasteiger partial charge on any atom is -0.506 e. The molecule has 10 heteroatoms. The van der Waals surface area contributed by atoms with E-state index >= 15 is 0 Å². The van der Waals surface area contributed by atoms with E-state index in [-0.39, 0.29) is 10.8 Å². The van der Waals surface area contributed by atoms with Crippen LogP contribution in [0.5, 0.6) is 17.2 Å². The van der Waals surface area contributed by atoms with Crippen LogP contribution in [-0.4, -0.2) is 71.8 Å². The average Bonchev–Trinajstić information content (AvgIpc) is 3.34. The van der Waals surface area contributed by atoms with Gasteiger partial charge in [-0.1, -0.05) is 11.6 Å². The Bertz CT molecular complexity index is 1340. The Morgan fingerprint density at radius 3 is 2.79 bits per heavy atom. The highest BCUT2D eigenvalue weighted by Crippen LogP contribution is 2.45. The molecule has 3 heterocycles. The van der Waals surface area contributed by atoms with Gasteiger partial charge in [0.15, 0.2) is 17.1 Å². The van der Waals surface area contributed by atoms with Crippen LogP contribution in [0.25, 0.3) is 33.1 Å². The third-order valence-corrected chi connectivity index (χ3v) is 6.32. The molecule has 2 aromatic heterocycles. The standard InChI is InChI=1S/C24H24ClFN4O4/c1-32-23-19(34-9-6-30-4-7-33-8-5-30)11-15(12-26)20-21(23)16-13-27-29-24(16)28-22(20)14-2-3-18(31)17(25)10-14/h2-3,10-11,13,31H,4-9,12H2,1H3,(H,27,28,29). The smallest absolute Gasteiger partial charge is 0.169 e. The number of methoxy groups -OCH3 is 1. The van der Waals surface area contributed by atoms with Crippen molar-refractivity contribution >= 4 is 33.4 Å². The third kappa shape index (κ3) is 4.11. The van der Waals surface area contributed by atoms with Gasteiger partial charge in [0.1, 0.15) is 19.0 Å². The van der Waals surface area contributed by atoms with E-state index in [0.717, 1.165) is 19.6 Å². The first kappa shape index (κ1) is 22.6. The summed E-state index contributed by atoms with van der Waals surface area (Å²) in [6.45, 7) is 3.55. The number of nitrogens with zero attached hydrogens (tertiary/aromatic N) is 3. The molecule has 0 atom stereocenters. The van der Waals surface area contributed by atoms with Crippen LogP contribution in [-0.2, 0) is 11.4 Å². The van der Waals surface area contributed by atoms with Crippen molar-refractivity contribution in [3.8, 4) is 28.5 Å². The summed E-state index contributed by atoms with van der Waals surface area (Å²) in [4.78, 5) is 6.96. The molecule has 0 spiro atoms. The maximum atomic E-state index is 14.4. The molecule has 0 radical (unpaired) electrons. The lowest BCUT2D eigenvalue weighted by Crippen LogP contribution is -2.38. The van der Waals surface area contributed by atoms with E-state index in [1.54, 1.807) is 31.5 Å². The van der Waals surface area contributed by atoms with Gasteiger partial charge in [-0.15, -0.1) is 0 Å². The van der Waals surface area contributed by atoms with Gasteiger partial charge in [0.05, 0.1) is 42.6 Å². The molecule has 0 amide bonds. The quantitative estimate of drug-likeness (QED) is 0.401. The molecular formula is C24H24ClFN4O4. The highest BCUT2D eigenvalue weighted by molar-refractivity contribution is 6.32. The van der Waals surface area contributed by atoms with Gasteiger partial charge in [0.2, 0.25) is 0 Å². The molecule has 1 saturated heterocycles. The number of morpholine rings is 1. The first-order valence-corrected chi connectivity index (χ1v) is 11.3. The fourth-order valence-corrected chi connectivity index (χ4v) is 4.50. The van der Waals surface area contributed by atoms with Gasteiger partial charge in [-0.05, 0) is 29.8 Å². The summed E-state index contributed by atoms with van der Waals surface area (Å²) in [6.07, 6.45) is 1.64. The van der Waals surface area contributed by atoms with Gasteiger partial charge in [0, 0.05) is 36.0 Å². The zero-order chi connectivity index (χ0) is 23.7. The molecule has 1 aliphatic heterocycles. The highest BCUT2D eigenvalue weighted by Gasteiger charge is 2.23. The van der Waals surface area contributed by atoms with Gasteiger partial charge in [-0.25, -0.2) is 9.37 Å². The number of nitrogens with one attached hydrogen (secondary N) is 1. The SMILES string of the molecule is COc1c(OCCN2CCOCC2)cc(CF)c2c(-c3ccc(O)c(Cl)c3)nc3[nH]ncc3c12. The predicted molar refractivity (Wildman–Crippen MR) is 128 cm³/mol. The summed E-state index contributed by atoms with van der Waals surface area (Å²) in [5, 5.41) is 19.0. The number of fused-ring (bicyclic) bond motifs is 3. The number of hydrogen-bond acceptors (Lipinski definition) is 7. The molecule has 34 heavy (non-hydrogen) atoms. The monoisotopic (exact) mass is 486 g/mol. The average molecular weight is 487 g/mol. The number of alkyl halides is 1. The molecule has 0 unspecified atom stereocenters. The summed E-state index contributed by atoms with van der Waals surface area (Å²) in [6, 6.07) is 6.44. The second-order valence-electron chi connectivity index (χ2n) is 8.01. The molecule has 2 N–H and O–H groups in total. The Kier molecular flexibility index (Phi) is 6.40. The normalized spacial score (nSPS) is 14.7. The Balaban J connectivity index is 1.65. The molecule has 0 saturated carbocycles. The van der Waals surface area contributed by atoms with E-state index in [0.29, 0.717) is 69.9 Å². The van der Waals surface area contributed by atoms with Crippen LogP contribution >= 0.6 is 11.6 Å². The second kappa shape index (κ2) is 9.61. The van der Waals surface area contributed by atoms with Crippen LogP contribution in [0, 0.1) is 0 Å². The Hall–Kier alpha value is -3.14. The van der Waals surface area contributed by atoms with Crippen LogP contribution in [0.4, 0.5) is 4.39 Å². The zero-order valence-corrected chi connectivity index (χ0v) is 19.4. The molecule has 178 valence electrons. The van der Waals surface area contributed by atoms with Gasteiger partial charge >= 0.3 is 0 Å². The summed E-state index contributed by atoms with van der Waals surface area (Å²) < 4.78 is 31.7. The van der Waals surface area contributed by atoms with Crippen LogP contribution < -0.4 is 9.47 Å². The fourth-order valence-electron chi connectivity index (χ4n) is 4.32. The van der Waals surface area contributed by atoms with Gasteiger partial charge < -0.3 is 19.3 Å². The molecule has 8 nitrogen and oxygen atoms in total. The zero-order valence-electron chi connectivity index (χ0n) is 18.6. The largest absolute Gasteiger partial charge is 0.506 e. The first-order chi connectivity index (χ1) is 16.6. The van der Waals surface area contributed by atoms with Crippen molar-refractivity contribution in [2.24, 2.45) is 0 Å². The first-order valence-electron chi connectivity index (χ1n) is 10.9.